The smallest absolute Gasteiger partial charge is 0.219 e. The zero-order valence-corrected chi connectivity index (χ0v) is 17.1. The minimum absolute atomic E-state index is 0.159. The number of aromatic nitrogens is 1. The second-order valence-corrected chi connectivity index (χ2v) is 8.85. The number of pyridine rings is 1. The molecule has 2 aliphatic rings. The van der Waals surface area contributed by atoms with Crippen LogP contribution in [0.4, 0.5) is 0 Å². The van der Waals surface area contributed by atoms with E-state index in [2.05, 4.69) is 11.1 Å². The lowest BCUT2D eigenvalue weighted by Crippen LogP contribution is -2.21. The van der Waals surface area contributed by atoms with Crippen LogP contribution in [0.25, 0.3) is 10.9 Å². The van der Waals surface area contributed by atoms with E-state index in [9.17, 15) is 5.11 Å². The Hall–Kier alpha value is -2.53. The third kappa shape index (κ3) is 3.97. The molecule has 0 unspecified atom stereocenters. The summed E-state index contributed by atoms with van der Waals surface area (Å²) in [6.45, 7) is 0. The molecule has 0 spiro atoms. The molecule has 29 heavy (non-hydrogen) atoms. The van der Waals surface area contributed by atoms with Crippen LogP contribution in [-0.4, -0.2) is 26.9 Å². The lowest BCUT2D eigenvalue weighted by Gasteiger charge is -2.24. The first-order valence-corrected chi connectivity index (χ1v) is 11.3. The van der Waals surface area contributed by atoms with Crippen LogP contribution in [0.15, 0.2) is 59.6 Å². The Morgan fingerprint density at radius 2 is 1.83 bits per heavy atom. The number of fused-ring (bicyclic) bond motifs is 1. The lowest BCUT2D eigenvalue weighted by molar-refractivity contribution is 0.322. The van der Waals surface area contributed by atoms with Gasteiger partial charge in [0.15, 0.2) is 0 Å². The van der Waals surface area contributed by atoms with E-state index in [1.165, 1.54) is 32.1 Å². The predicted octanol–water partition coefficient (Wildman–Crippen LogP) is 6.18. The first kappa shape index (κ1) is 18.5. The Kier molecular flexibility index (Phi) is 5.15. The normalized spacial score (nSPS) is 20.0. The second-order valence-electron chi connectivity index (χ2n) is 7.84. The van der Waals surface area contributed by atoms with Crippen molar-refractivity contribution in [2.45, 2.75) is 38.1 Å². The quantitative estimate of drug-likeness (QED) is 0.564. The van der Waals surface area contributed by atoms with Gasteiger partial charge in [0.05, 0.1) is 11.1 Å². The molecule has 1 aliphatic heterocycles. The second kappa shape index (κ2) is 8.07. The molecule has 1 aliphatic carbocycles. The molecule has 5 rings (SSSR count). The molecule has 0 saturated heterocycles. The van der Waals surface area contributed by atoms with Crippen LogP contribution in [0.3, 0.4) is 0 Å². The minimum atomic E-state index is 0.159. The summed E-state index contributed by atoms with van der Waals surface area (Å²) in [6, 6.07) is 17.6. The van der Waals surface area contributed by atoms with Gasteiger partial charge in [-0.05, 0) is 43.0 Å². The number of phenolic OH excluding ortho intramolecular Hbond substituents is 1. The molecule has 2 heterocycles. The number of ether oxygens (including phenoxy) is 1. The largest absolute Gasteiger partial charge is 0.506 e. The Labute approximate surface area is 175 Å². The van der Waals surface area contributed by atoms with Gasteiger partial charge in [-0.25, -0.2) is 4.98 Å². The van der Waals surface area contributed by atoms with Crippen LogP contribution < -0.4 is 4.74 Å². The Morgan fingerprint density at radius 3 is 2.72 bits per heavy atom. The molecule has 1 fully saturated rings. The summed E-state index contributed by atoms with van der Waals surface area (Å²) in [7, 11) is 0. The van der Waals surface area contributed by atoms with E-state index in [-0.39, 0.29) is 5.75 Å². The van der Waals surface area contributed by atoms with Crippen molar-refractivity contribution >= 4 is 27.7 Å². The molecule has 1 N–H and O–H groups in total. The maximum Gasteiger partial charge on any atom is 0.219 e. The molecular weight excluding hydrogens is 380 g/mol. The van der Waals surface area contributed by atoms with Gasteiger partial charge in [-0.3, -0.25) is 4.99 Å². The molecule has 148 valence electrons. The summed E-state index contributed by atoms with van der Waals surface area (Å²) in [4.78, 5) is 9.52. The third-order valence-electron chi connectivity index (χ3n) is 5.84. The fraction of sp³-hybridized carbons (Fsp3) is 0.333. The number of rotatable bonds is 4. The Balaban J connectivity index is 1.35. The van der Waals surface area contributed by atoms with Gasteiger partial charge >= 0.3 is 0 Å². The van der Waals surface area contributed by atoms with Gasteiger partial charge in [0.2, 0.25) is 5.88 Å². The van der Waals surface area contributed by atoms with Crippen LogP contribution in [-0.2, 0) is 0 Å². The van der Waals surface area contributed by atoms with E-state index in [4.69, 9.17) is 9.73 Å². The van der Waals surface area contributed by atoms with Gasteiger partial charge in [-0.1, -0.05) is 43.5 Å². The summed E-state index contributed by atoms with van der Waals surface area (Å²) >= 11 is 1.86. The van der Waals surface area contributed by atoms with Crippen molar-refractivity contribution in [3.05, 3.63) is 60.2 Å². The molecule has 5 heteroatoms. The van der Waals surface area contributed by atoms with Gasteiger partial charge in [0, 0.05) is 22.8 Å². The van der Waals surface area contributed by atoms with Crippen molar-refractivity contribution in [2.75, 3.05) is 5.75 Å². The van der Waals surface area contributed by atoms with Gasteiger partial charge in [0.25, 0.3) is 0 Å². The van der Waals surface area contributed by atoms with Gasteiger partial charge < -0.3 is 9.84 Å². The van der Waals surface area contributed by atoms with Crippen molar-refractivity contribution in [1.82, 2.24) is 4.98 Å². The monoisotopic (exact) mass is 404 g/mol. The number of hydrogen-bond donors (Lipinski definition) is 1. The molecule has 2 aromatic carbocycles. The Morgan fingerprint density at radius 1 is 0.966 bits per heavy atom. The van der Waals surface area contributed by atoms with E-state index in [1.807, 2.05) is 54.2 Å². The fourth-order valence-corrected chi connectivity index (χ4v) is 5.47. The van der Waals surface area contributed by atoms with Gasteiger partial charge in [0.1, 0.15) is 17.0 Å². The molecular formula is C24H24N2O2S. The average Bonchev–Trinajstić information content (AvgIpc) is 3.26. The standard InChI is InChI=1S/C24H24N2O2S/c27-21-11-5-8-17-12-13-22(26-23(17)21)28-19-10-4-9-18(14-19)24-25-20(15-29-24)16-6-2-1-3-7-16/h4-5,8-14,16,20,27H,1-3,6-7,15H2/t20-/m1/s1. The number of nitrogens with zero attached hydrogens (tertiary/aromatic N) is 2. The van der Waals surface area contributed by atoms with Crippen molar-refractivity contribution in [1.29, 1.82) is 0 Å². The van der Waals surface area contributed by atoms with Crippen LogP contribution in [0, 0.1) is 5.92 Å². The van der Waals surface area contributed by atoms with E-state index < -0.39 is 0 Å². The summed E-state index contributed by atoms with van der Waals surface area (Å²) in [6.07, 6.45) is 6.74. The summed E-state index contributed by atoms with van der Waals surface area (Å²) in [5.41, 5.74) is 1.65. The van der Waals surface area contributed by atoms with Crippen molar-refractivity contribution < 1.29 is 9.84 Å². The average molecular weight is 405 g/mol. The first-order valence-electron chi connectivity index (χ1n) is 10.3. The molecule has 3 aromatic rings. The number of hydrogen-bond acceptors (Lipinski definition) is 5. The highest BCUT2D eigenvalue weighted by molar-refractivity contribution is 8.14. The number of phenols is 1. The molecule has 1 atom stereocenters. The van der Waals surface area contributed by atoms with Crippen molar-refractivity contribution in [3.8, 4) is 17.4 Å². The highest BCUT2D eigenvalue weighted by atomic mass is 32.2. The Bertz CT molecular complexity index is 1060. The highest BCUT2D eigenvalue weighted by Gasteiger charge is 2.28. The number of benzene rings is 2. The third-order valence-corrected chi connectivity index (χ3v) is 6.97. The molecule has 0 radical (unpaired) electrons. The van der Waals surface area contributed by atoms with Crippen molar-refractivity contribution in [2.24, 2.45) is 10.9 Å². The predicted molar refractivity (Wildman–Crippen MR) is 119 cm³/mol. The first-order chi connectivity index (χ1) is 14.3. The summed E-state index contributed by atoms with van der Waals surface area (Å²) in [5, 5.41) is 12.1. The van der Waals surface area contributed by atoms with E-state index in [0.717, 1.165) is 33.4 Å². The zero-order valence-electron chi connectivity index (χ0n) is 16.3. The summed E-state index contributed by atoms with van der Waals surface area (Å²) < 4.78 is 6.00. The SMILES string of the molecule is Oc1cccc2ccc(Oc3cccc(C4=N[C@@H](C5CCCCC5)CS4)c3)nc12. The van der Waals surface area contributed by atoms with E-state index >= 15 is 0 Å². The number of aliphatic imine (C=N–C) groups is 1. The molecule has 4 nitrogen and oxygen atoms in total. The van der Waals surface area contributed by atoms with Crippen LogP contribution >= 0.6 is 11.8 Å². The van der Waals surface area contributed by atoms with Crippen LogP contribution in [0.5, 0.6) is 17.4 Å². The molecule has 0 bridgehead atoms. The maximum atomic E-state index is 10.0. The van der Waals surface area contributed by atoms with Crippen LogP contribution in [0.2, 0.25) is 0 Å². The van der Waals surface area contributed by atoms with Crippen LogP contribution in [0.1, 0.15) is 37.7 Å². The van der Waals surface area contributed by atoms with E-state index in [1.54, 1.807) is 6.07 Å². The number of thioether (sulfide) groups is 1. The lowest BCUT2D eigenvalue weighted by atomic mass is 9.85. The number of para-hydroxylation sites is 1. The fourth-order valence-electron chi connectivity index (χ4n) is 4.29. The molecule has 1 aromatic heterocycles. The highest BCUT2D eigenvalue weighted by Crippen LogP contribution is 2.35. The maximum absolute atomic E-state index is 10.0. The summed E-state index contributed by atoms with van der Waals surface area (Å²) in [5.74, 6) is 3.21. The van der Waals surface area contributed by atoms with Gasteiger partial charge in [-0.15, -0.1) is 11.8 Å². The number of aromatic hydroxyl groups is 1. The van der Waals surface area contributed by atoms with E-state index in [0.29, 0.717) is 17.4 Å². The topological polar surface area (TPSA) is 54.7 Å². The molecule has 0 amide bonds. The van der Waals surface area contributed by atoms with Crippen molar-refractivity contribution in [3.63, 3.8) is 0 Å². The molecule has 1 saturated carbocycles. The van der Waals surface area contributed by atoms with Gasteiger partial charge in [-0.2, -0.15) is 0 Å². The minimum Gasteiger partial charge on any atom is -0.506 e. The zero-order chi connectivity index (χ0) is 19.6.